The van der Waals surface area contributed by atoms with E-state index in [4.69, 9.17) is 14.6 Å². The van der Waals surface area contributed by atoms with Crippen molar-refractivity contribution in [2.75, 3.05) is 19.8 Å². The molecule has 0 aromatic carbocycles. The summed E-state index contributed by atoms with van der Waals surface area (Å²) in [7, 11) is 0. The van der Waals surface area contributed by atoms with Gasteiger partial charge in [-0.1, -0.05) is 13.8 Å². The summed E-state index contributed by atoms with van der Waals surface area (Å²) in [6.07, 6.45) is -0.717. The maximum absolute atomic E-state index is 9.62. The first-order chi connectivity index (χ1) is 5.87. The predicted molar refractivity (Wildman–Crippen MR) is 47.2 cm³/mol. The Kier molecular flexibility index (Phi) is 2.97. The first-order valence-electron chi connectivity index (χ1n) is 4.44. The van der Waals surface area contributed by atoms with Crippen LogP contribution in [0.1, 0.15) is 20.8 Å². The van der Waals surface area contributed by atoms with Crippen LogP contribution in [0.4, 0.5) is 0 Å². The summed E-state index contributed by atoms with van der Waals surface area (Å²) in [5.74, 6) is 0. The maximum atomic E-state index is 9.62. The SMILES string of the molecule is CC1(C)COC([C@](C)(O)CO)OC1. The largest absolute Gasteiger partial charge is 0.393 e. The second-order valence-corrected chi connectivity index (χ2v) is 4.63. The Morgan fingerprint density at radius 1 is 1.38 bits per heavy atom. The molecule has 78 valence electrons. The molecule has 0 spiro atoms. The summed E-state index contributed by atoms with van der Waals surface area (Å²) in [5, 5.41) is 18.5. The Balaban J connectivity index is 2.50. The van der Waals surface area contributed by atoms with Crippen LogP contribution in [0.25, 0.3) is 0 Å². The van der Waals surface area contributed by atoms with E-state index in [9.17, 15) is 5.11 Å². The van der Waals surface area contributed by atoms with Crippen LogP contribution in [0, 0.1) is 5.41 Å². The molecule has 0 bridgehead atoms. The molecule has 0 unspecified atom stereocenters. The van der Waals surface area contributed by atoms with Crippen molar-refractivity contribution in [2.24, 2.45) is 5.41 Å². The van der Waals surface area contributed by atoms with Crippen molar-refractivity contribution in [3.8, 4) is 0 Å². The van der Waals surface area contributed by atoms with E-state index in [2.05, 4.69) is 0 Å². The highest BCUT2D eigenvalue weighted by molar-refractivity contribution is 4.81. The van der Waals surface area contributed by atoms with Crippen LogP contribution in [0.3, 0.4) is 0 Å². The molecule has 0 amide bonds. The number of aliphatic hydroxyl groups is 2. The van der Waals surface area contributed by atoms with Gasteiger partial charge in [-0.2, -0.15) is 0 Å². The highest BCUT2D eigenvalue weighted by atomic mass is 16.7. The van der Waals surface area contributed by atoms with Crippen LogP contribution in [0.2, 0.25) is 0 Å². The quantitative estimate of drug-likeness (QED) is 0.649. The molecule has 0 saturated carbocycles. The average molecular weight is 190 g/mol. The minimum atomic E-state index is -1.31. The summed E-state index contributed by atoms with van der Waals surface area (Å²) in [4.78, 5) is 0. The second kappa shape index (κ2) is 3.53. The fourth-order valence-corrected chi connectivity index (χ4v) is 1.13. The average Bonchev–Trinajstić information content (AvgIpc) is 2.04. The van der Waals surface area contributed by atoms with Crippen LogP contribution in [-0.2, 0) is 9.47 Å². The number of rotatable bonds is 2. The Hall–Kier alpha value is -0.160. The summed E-state index contributed by atoms with van der Waals surface area (Å²) >= 11 is 0. The number of hydrogen-bond donors (Lipinski definition) is 2. The standard InChI is InChI=1S/C9H18O4/c1-8(2)5-12-7(13-6-8)9(3,11)4-10/h7,10-11H,4-6H2,1-3H3/t9-/m1/s1. The molecule has 4 heteroatoms. The molecule has 0 aliphatic carbocycles. The van der Waals surface area contributed by atoms with Gasteiger partial charge in [-0.05, 0) is 6.92 Å². The predicted octanol–water partition coefficient (Wildman–Crippen LogP) is 0.129. The van der Waals surface area contributed by atoms with E-state index in [0.29, 0.717) is 13.2 Å². The van der Waals surface area contributed by atoms with E-state index in [1.807, 2.05) is 13.8 Å². The van der Waals surface area contributed by atoms with Crippen LogP contribution >= 0.6 is 0 Å². The van der Waals surface area contributed by atoms with E-state index in [1.165, 1.54) is 6.92 Å². The molecule has 1 aliphatic rings. The normalized spacial score (nSPS) is 28.4. The summed E-state index contributed by atoms with van der Waals surface area (Å²) in [5.41, 5.74) is -1.32. The lowest BCUT2D eigenvalue weighted by atomic mass is 9.94. The fraction of sp³-hybridized carbons (Fsp3) is 1.00. The van der Waals surface area contributed by atoms with Crippen molar-refractivity contribution in [2.45, 2.75) is 32.7 Å². The highest BCUT2D eigenvalue weighted by Crippen LogP contribution is 2.27. The first kappa shape index (κ1) is 10.9. The molecular weight excluding hydrogens is 172 g/mol. The van der Waals surface area contributed by atoms with Gasteiger partial charge in [0.05, 0.1) is 19.8 Å². The first-order valence-corrected chi connectivity index (χ1v) is 4.44. The smallest absolute Gasteiger partial charge is 0.188 e. The molecule has 0 aromatic heterocycles. The van der Waals surface area contributed by atoms with Gasteiger partial charge in [-0.25, -0.2) is 0 Å². The van der Waals surface area contributed by atoms with Gasteiger partial charge in [0, 0.05) is 5.41 Å². The lowest BCUT2D eigenvalue weighted by Crippen LogP contribution is -2.51. The van der Waals surface area contributed by atoms with Gasteiger partial charge in [0.25, 0.3) is 0 Å². The van der Waals surface area contributed by atoms with E-state index >= 15 is 0 Å². The van der Waals surface area contributed by atoms with Crippen molar-refractivity contribution in [1.29, 1.82) is 0 Å². The minimum Gasteiger partial charge on any atom is -0.393 e. The van der Waals surface area contributed by atoms with Crippen molar-refractivity contribution in [1.82, 2.24) is 0 Å². The summed E-state index contributed by atoms with van der Waals surface area (Å²) in [6, 6.07) is 0. The van der Waals surface area contributed by atoms with E-state index in [0.717, 1.165) is 0 Å². The third kappa shape index (κ3) is 2.64. The molecule has 1 fully saturated rings. The topological polar surface area (TPSA) is 58.9 Å². The Morgan fingerprint density at radius 2 is 1.85 bits per heavy atom. The molecule has 0 aromatic rings. The highest BCUT2D eigenvalue weighted by Gasteiger charge is 2.39. The zero-order valence-electron chi connectivity index (χ0n) is 8.41. The molecule has 0 radical (unpaired) electrons. The molecule has 1 atom stereocenters. The van der Waals surface area contributed by atoms with Gasteiger partial charge in [0.1, 0.15) is 5.60 Å². The van der Waals surface area contributed by atoms with Gasteiger partial charge in [-0.15, -0.1) is 0 Å². The summed E-state index contributed by atoms with van der Waals surface area (Å²) < 4.78 is 10.6. The van der Waals surface area contributed by atoms with Crippen LogP contribution in [-0.4, -0.2) is 41.9 Å². The van der Waals surface area contributed by atoms with E-state index < -0.39 is 11.9 Å². The number of aliphatic hydroxyl groups excluding tert-OH is 1. The molecule has 1 rings (SSSR count). The van der Waals surface area contributed by atoms with Gasteiger partial charge in [0.2, 0.25) is 0 Å². The Morgan fingerprint density at radius 3 is 2.23 bits per heavy atom. The molecule has 1 heterocycles. The van der Waals surface area contributed by atoms with Crippen LogP contribution in [0.15, 0.2) is 0 Å². The minimum absolute atomic E-state index is 0.0119. The van der Waals surface area contributed by atoms with Crippen molar-refractivity contribution < 1.29 is 19.7 Å². The van der Waals surface area contributed by atoms with Crippen molar-refractivity contribution in [3.63, 3.8) is 0 Å². The number of ether oxygens (including phenoxy) is 2. The molecule has 13 heavy (non-hydrogen) atoms. The van der Waals surface area contributed by atoms with Gasteiger partial charge in [0.15, 0.2) is 6.29 Å². The number of hydrogen-bond acceptors (Lipinski definition) is 4. The zero-order valence-corrected chi connectivity index (χ0v) is 8.41. The van der Waals surface area contributed by atoms with Gasteiger partial charge in [-0.3, -0.25) is 0 Å². The van der Waals surface area contributed by atoms with Crippen molar-refractivity contribution in [3.05, 3.63) is 0 Å². The molecule has 1 aliphatic heterocycles. The second-order valence-electron chi connectivity index (χ2n) is 4.63. The Bertz CT molecular complexity index is 166. The molecule has 1 saturated heterocycles. The van der Waals surface area contributed by atoms with Gasteiger partial charge >= 0.3 is 0 Å². The molecular formula is C9H18O4. The van der Waals surface area contributed by atoms with Gasteiger partial charge < -0.3 is 19.7 Å². The monoisotopic (exact) mass is 190 g/mol. The molecule has 4 nitrogen and oxygen atoms in total. The van der Waals surface area contributed by atoms with Crippen molar-refractivity contribution >= 4 is 0 Å². The Labute approximate surface area is 78.5 Å². The molecule has 2 N–H and O–H groups in total. The van der Waals surface area contributed by atoms with Crippen LogP contribution in [0.5, 0.6) is 0 Å². The van der Waals surface area contributed by atoms with E-state index in [1.54, 1.807) is 0 Å². The third-order valence-electron chi connectivity index (χ3n) is 2.08. The zero-order chi connectivity index (χ0) is 10.1. The maximum Gasteiger partial charge on any atom is 0.188 e. The summed E-state index contributed by atoms with van der Waals surface area (Å²) in [6.45, 7) is 6.25. The lowest BCUT2D eigenvalue weighted by Gasteiger charge is -2.39. The fourth-order valence-electron chi connectivity index (χ4n) is 1.13. The van der Waals surface area contributed by atoms with Crippen LogP contribution < -0.4 is 0 Å². The lowest BCUT2D eigenvalue weighted by molar-refractivity contribution is -0.290. The third-order valence-corrected chi connectivity index (χ3v) is 2.08. The van der Waals surface area contributed by atoms with E-state index in [-0.39, 0.29) is 12.0 Å².